The van der Waals surface area contributed by atoms with E-state index in [2.05, 4.69) is 17.6 Å². The molecule has 0 fully saturated rings. The first-order chi connectivity index (χ1) is 9.74. The van der Waals surface area contributed by atoms with E-state index in [-0.39, 0.29) is 5.91 Å². The van der Waals surface area contributed by atoms with E-state index in [0.717, 1.165) is 24.3 Å². The molecule has 5 heteroatoms. The monoisotopic (exact) mass is 290 g/mol. The lowest BCUT2D eigenvalue weighted by atomic mass is 10.1. The van der Waals surface area contributed by atoms with Crippen molar-refractivity contribution in [2.24, 2.45) is 0 Å². The molecule has 4 nitrogen and oxygen atoms in total. The molecule has 106 valence electrons. The van der Waals surface area contributed by atoms with Crippen molar-refractivity contribution in [2.75, 3.05) is 19.0 Å². The SMILES string of the molecule is CCNCc1ccccc1NC(=O)c1cc(OC)cs1. The number of para-hydroxylation sites is 1. The summed E-state index contributed by atoms with van der Waals surface area (Å²) in [5, 5.41) is 8.03. The largest absolute Gasteiger partial charge is 0.496 e. The van der Waals surface area contributed by atoms with Crippen molar-refractivity contribution in [3.63, 3.8) is 0 Å². The van der Waals surface area contributed by atoms with Gasteiger partial charge in [0.05, 0.1) is 12.0 Å². The molecule has 0 spiro atoms. The molecule has 0 radical (unpaired) electrons. The zero-order valence-corrected chi connectivity index (χ0v) is 12.4. The van der Waals surface area contributed by atoms with Crippen molar-refractivity contribution in [3.05, 3.63) is 46.2 Å². The average Bonchev–Trinajstić information content (AvgIpc) is 2.95. The van der Waals surface area contributed by atoms with Crippen LogP contribution in [0, 0.1) is 0 Å². The molecule has 0 aliphatic heterocycles. The summed E-state index contributed by atoms with van der Waals surface area (Å²) in [5.41, 5.74) is 1.91. The lowest BCUT2D eigenvalue weighted by Gasteiger charge is -2.10. The number of hydrogen-bond acceptors (Lipinski definition) is 4. The van der Waals surface area contributed by atoms with Crippen molar-refractivity contribution in [1.29, 1.82) is 0 Å². The number of benzene rings is 1. The van der Waals surface area contributed by atoms with E-state index >= 15 is 0 Å². The van der Waals surface area contributed by atoms with Crippen molar-refractivity contribution < 1.29 is 9.53 Å². The second-order valence-corrected chi connectivity index (χ2v) is 5.15. The van der Waals surface area contributed by atoms with Gasteiger partial charge in [-0.15, -0.1) is 11.3 Å². The third-order valence-electron chi connectivity index (χ3n) is 2.87. The van der Waals surface area contributed by atoms with Crippen LogP contribution in [0.4, 0.5) is 5.69 Å². The van der Waals surface area contributed by atoms with E-state index in [1.54, 1.807) is 13.2 Å². The zero-order chi connectivity index (χ0) is 14.4. The number of hydrogen-bond donors (Lipinski definition) is 2. The zero-order valence-electron chi connectivity index (χ0n) is 11.6. The van der Waals surface area contributed by atoms with Crippen LogP contribution in [0.15, 0.2) is 35.7 Å². The van der Waals surface area contributed by atoms with Gasteiger partial charge in [0.1, 0.15) is 5.75 Å². The predicted molar refractivity (Wildman–Crippen MR) is 82.6 cm³/mol. The predicted octanol–water partition coefficient (Wildman–Crippen LogP) is 3.12. The number of methoxy groups -OCH3 is 1. The van der Waals surface area contributed by atoms with Gasteiger partial charge in [0.2, 0.25) is 0 Å². The van der Waals surface area contributed by atoms with Crippen LogP contribution in [0.2, 0.25) is 0 Å². The number of thiophene rings is 1. The Balaban J connectivity index is 2.10. The molecular formula is C15H18N2O2S. The lowest BCUT2D eigenvalue weighted by Crippen LogP contribution is -2.16. The van der Waals surface area contributed by atoms with Crippen LogP contribution in [0.5, 0.6) is 5.75 Å². The summed E-state index contributed by atoms with van der Waals surface area (Å²) in [5.74, 6) is 0.600. The van der Waals surface area contributed by atoms with Gasteiger partial charge in [-0.1, -0.05) is 25.1 Å². The Hall–Kier alpha value is -1.85. The molecule has 0 bridgehead atoms. The number of ether oxygens (including phenoxy) is 1. The minimum atomic E-state index is -0.109. The number of amides is 1. The van der Waals surface area contributed by atoms with Crippen LogP contribution < -0.4 is 15.4 Å². The summed E-state index contributed by atoms with van der Waals surface area (Å²) in [7, 11) is 1.59. The van der Waals surface area contributed by atoms with Crippen molar-refractivity contribution in [3.8, 4) is 5.75 Å². The van der Waals surface area contributed by atoms with Crippen molar-refractivity contribution in [2.45, 2.75) is 13.5 Å². The van der Waals surface area contributed by atoms with Crippen LogP contribution in [-0.4, -0.2) is 19.6 Å². The molecule has 0 saturated heterocycles. The van der Waals surface area contributed by atoms with Crippen molar-refractivity contribution in [1.82, 2.24) is 5.32 Å². The highest BCUT2D eigenvalue weighted by Crippen LogP contribution is 2.23. The Morgan fingerprint density at radius 2 is 2.15 bits per heavy atom. The fourth-order valence-electron chi connectivity index (χ4n) is 1.78. The summed E-state index contributed by atoms with van der Waals surface area (Å²) in [4.78, 5) is 12.8. The third-order valence-corrected chi connectivity index (χ3v) is 3.77. The van der Waals surface area contributed by atoms with E-state index in [9.17, 15) is 4.79 Å². The fourth-order valence-corrected chi connectivity index (χ4v) is 2.53. The number of anilines is 1. The van der Waals surface area contributed by atoms with Gasteiger partial charge in [0.25, 0.3) is 5.91 Å². The maximum absolute atomic E-state index is 12.2. The standard InChI is InChI=1S/C15H18N2O2S/c1-3-16-9-11-6-4-5-7-13(11)17-15(18)14-8-12(19-2)10-20-14/h4-8,10,16H,3,9H2,1-2H3,(H,17,18). The van der Waals surface area contributed by atoms with Gasteiger partial charge in [-0.25, -0.2) is 0 Å². The van der Waals surface area contributed by atoms with Crippen molar-refractivity contribution >= 4 is 22.9 Å². The summed E-state index contributed by atoms with van der Waals surface area (Å²) in [6, 6.07) is 9.55. The Kier molecular flexibility index (Phi) is 5.15. The highest BCUT2D eigenvalue weighted by molar-refractivity contribution is 7.12. The van der Waals surface area contributed by atoms with Gasteiger partial charge >= 0.3 is 0 Å². The summed E-state index contributed by atoms with van der Waals surface area (Å²) in [6.45, 7) is 3.68. The number of carbonyl (C=O) groups is 1. The van der Waals surface area contributed by atoms with Gasteiger partial charge in [0.15, 0.2) is 0 Å². The van der Waals surface area contributed by atoms with Gasteiger partial charge in [-0.05, 0) is 18.2 Å². The molecule has 0 unspecified atom stereocenters. The smallest absolute Gasteiger partial charge is 0.265 e. The minimum Gasteiger partial charge on any atom is -0.496 e. The Morgan fingerprint density at radius 3 is 2.85 bits per heavy atom. The molecular weight excluding hydrogens is 272 g/mol. The van der Waals surface area contributed by atoms with Crippen LogP contribution in [-0.2, 0) is 6.54 Å². The van der Waals surface area contributed by atoms with E-state index < -0.39 is 0 Å². The highest BCUT2D eigenvalue weighted by Gasteiger charge is 2.11. The first-order valence-corrected chi connectivity index (χ1v) is 7.35. The molecule has 20 heavy (non-hydrogen) atoms. The maximum Gasteiger partial charge on any atom is 0.265 e. The molecule has 0 aliphatic carbocycles. The van der Waals surface area contributed by atoms with E-state index in [0.29, 0.717) is 10.6 Å². The number of carbonyl (C=O) groups excluding carboxylic acids is 1. The summed E-state index contributed by atoms with van der Waals surface area (Å²) < 4.78 is 5.09. The third kappa shape index (κ3) is 3.59. The van der Waals surface area contributed by atoms with Gasteiger partial charge < -0.3 is 15.4 Å². The Labute approximate surface area is 122 Å². The van der Waals surface area contributed by atoms with E-state index in [4.69, 9.17) is 4.74 Å². The summed E-state index contributed by atoms with van der Waals surface area (Å²) >= 11 is 1.37. The molecule has 1 heterocycles. The maximum atomic E-state index is 12.2. The quantitative estimate of drug-likeness (QED) is 0.859. The van der Waals surface area contributed by atoms with E-state index in [1.807, 2.05) is 29.6 Å². The molecule has 0 aliphatic rings. The molecule has 1 amide bonds. The van der Waals surface area contributed by atoms with Crippen LogP contribution in [0.25, 0.3) is 0 Å². The second-order valence-electron chi connectivity index (χ2n) is 4.24. The number of nitrogens with one attached hydrogen (secondary N) is 2. The van der Waals surface area contributed by atoms with Crippen LogP contribution >= 0.6 is 11.3 Å². The number of rotatable bonds is 6. The second kappa shape index (κ2) is 7.07. The van der Waals surface area contributed by atoms with Crippen LogP contribution in [0.1, 0.15) is 22.2 Å². The van der Waals surface area contributed by atoms with Gasteiger partial charge in [-0.2, -0.15) is 0 Å². The Morgan fingerprint density at radius 1 is 1.35 bits per heavy atom. The first kappa shape index (κ1) is 14.6. The normalized spacial score (nSPS) is 10.3. The van der Waals surface area contributed by atoms with Crippen LogP contribution in [0.3, 0.4) is 0 Å². The fraction of sp³-hybridized carbons (Fsp3) is 0.267. The molecule has 2 rings (SSSR count). The molecule has 1 aromatic heterocycles. The highest BCUT2D eigenvalue weighted by atomic mass is 32.1. The average molecular weight is 290 g/mol. The lowest BCUT2D eigenvalue weighted by molar-refractivity contribution is 0.103. The Bertz CT molecular complexity index is 581. The first-order valence-electron chi connectivity index (χ1n) is 6.47. The summed E-state index contributed by atoms with van der Waals surface area (Å²) in [6.07, 6.45) is 0. The molecule has 2 aromatic rings. The molecule has 1 aromatic carbocycles. The van der Waals surface area contributed by atoms with Gasteiger partial charge in [0, 0.05) is 23.7 Å². The topological polar surface area (TPSA) is 50.4 Å². The molecule has 2 N–H and O–H groups in total. The van der Waals surface area contributed by atoms with Gasteiger partial charge in [-0.3, -0.25) is 4.79 Å². The molecule has 0 saturated carbocycles. The van der Waals surface area contributed by atoms with E-state index in [1.165, 1.54) is 11.3 Å². The minimum absolute atomic E-state index is 0.109. The molecule has 0 atom stereocenters.